The summed E-state index contributed by atoms with van der Waals surface area (Å²) in [6.07, 6.45) is 0. The fourth-order valence-corrected chi connectivity index (χ4v) is 3.07. The molecule has 6 heteroatoms. The van der Waals surface area contributed by atoms with Crippen LogP contribution in [-0.2, 0) is 15.6 Å². The average Bonchev–Trinajstić information content (AvgIpc) is 2.40. The number of likely N-dealkylation sites (N-methyl/N-ethyl adjacent to an activating group) is 1. The van der Waals surface area contributed by atoms with Crippen molar-refractivity contribution in [1.82, 2.24) is 9.80 Å². The molecule has 19 heavy (non-hydrogen) atoms. The predicted octanol–water partition coefficient (Wildman–Crippen LogP) is 1.22. The Kier molecular flexibility index (Phi) is 4.96. The highest BCUT2D eigenvalue weighted by Crippen LogP contribution is 2.13. The SMILES string of the molecule is CN1CCN(C(=O)CS(=O)c2ccc(Cl)cc2)CC1. The molecule has 1 amide bonds. The number of amides is 1. The minimum Gasteiger partial charge on any atom is -0.339 e. The smallest absolute Gasteiger partial charge is 0.235 e. The maximum absolute atomic E-state index is 12.1. The first-order valence-electron chi connectivity index (χ1n) is 6.16. The van der Waals surface area contributed by atoms with Crippen LogP contribution in [0.4, 0.5) is 0 Å². The van der Waals surface area contributed by atoms with Crippen LogP contribution in [0.1, 0.15) is 0 Å². The van der Waals surface area contributed by atoms with Gasteiger partial charge in [-0.1, -0.05) is 11.6 Å². The van der Waals surface area contributed by atoms with Gasteiger partial charge < -0.3 is 9.80 Å². The standard InChI is InChI=1S/C13H17ClN2O2S/c1-15-6-8-16(9-7-15)13(17)10-19(18)12-4-2-11(14)3-5-12/h2-5H,6-10H2,1H3. The lowest BCUT2D eigenvalue weighted by atomic mass is 10.3. The zero-order chi connectivity index (χ0) is 13.8. The van der Waals surface area contributed by atoms with Crippen LogP contribution in [0.2, 0.25) is 5.02 Å². The normalized spacial score (nSPS) is 18.3. The number of piperazine rings is 1. The molecule has 4 nitrogen and oxygen atoms in total. The zero-order valence-electron chi connectivity index (χ0n) is 10.8. The van der Waals surface area contributed by atoms with E-state index in [0.29, 0.717) is 23.0 Å². The van der Waals surface area contributed by atoms with Gasteiger partial charge in [0.05, 0.1) is 10.8 Å². The van der Waals surface area contributed by atoms with Crippen LogP contribution in [0.3, 0.4) is 0 Å². The summed E-state index contributed by atoms with van der Waals surface area (Å²) in [5.74, 6) is 0.00659. The van der Waals surface area contributed by atoms with Gasteiger partial charge in [0.1, 0.15) is 5.75 Å². The van der Waals surface area contributed by atoms with Crippen molar-refractivity contribution in [2.75, 3.05) is 39.0 Å². The fourth-order valence-electron chi connectivity index (χ4n) is 1.93. The van der Waals surface area contributed by atoms with Crippen molar-refractivity contribution < 1.29 is 9.00 Å². The molecule has 0 radical (unpaired) electrons. The van der Waals surface area contributed by atoms with E-state index in [2.05, 4.69) is 4.90 Å². The van der Waals surface area contributed by atoms with Gasteiger partial charge in [-0.15, -0.1) is 0 Å². The van der Waals surface area contributed by atoms with Crippen molar-refractivity contribution in [2.45, 2.75) is 4.90 Å². The molecule has 0 aromatic heterocycles. The minimum absolute atomic E-state index is 0.0404. The lowest BCUT2D eigenvalue weighted by molar-refractivity contribution is -0.129. The van der Waals surface area contributed by atoms with Crippen molar-refractivity contribution >= 4 is 28.3 Å². The third kappa shape index (κ3) is 4.03. The average molecular weight is 301 g/mol. The Morgan fingerprint density at radius 1 is 1.21 bits per heavy atom. The minimum atomic E-state index is -1.30. The van der Waals surface area contributed by atoms with Crippen LogP contribution in [0.15, 0.2) is 29.2 Å². The Balaban J connectivity index is 1.91. The zero-order valence-corrected chi connectivity index (χ0v) is 12.4. The maximum atomic E-state index is 12.1. The molecule has 2 rings (SSSR count). The molecule has 0 bridgehead atoms. The summed E-state index contributed by atoms with van der Waals surface area (Å²) in [5, 5.41) is 0.603. The second-order valence-electron chi connectivity index (χ2n) is 4.63. The van der Waals surface area contributed by atoms with Crippen LogP contribution >= 0.6 is 11.6 Å². The summed E-state index contributed by atoms with van der Waals surface area (Å²) in [5.41, 5.74) is 0. The second-order valence-corrected chi connectivity index (χ2v) is 6.52. The number of carbonyl (C=O) groups is 1. The van der Waals surface area contributed by atoms with Crippen LogP contribution in [0.5, 0.6) is 0 Å². The molecule has 0 aliphatic carbocycles. The van der Waals surface area contributed by atoms with Gasteiger partial charge in [0.2, 0.25) is 5.91 Å². The van der Waals surface area contributed by atoms with Gasteiger partial charge in [0.15, 0.2) is 0 Å². The third-order valence-corrected chi connectivity index (χ3v) is 4.75. The van der Waals surface area contributed by atoms with E-state index in [4.69, 9.17) is 11.6 Å². The molecule has 1 heterocycles. The van der Waals surface area contributed by atoms with Gasteiger partial charge in [0.25, 0.3) is 0 Å². The highest BCUT2D eigenvalue weighted by molar-refractivity contribution is 7.85. The number of benzene rings is 1. The third-order valence-electron chi connectivity index (χ3n) is 3.19. The topological polar surface area (TPSA) is 40.6 Å². The molecule has 1 aromatic rings. The van der Waals surface area contributed by atoms with Crippen LogP contribution < -0.4 is 0 Å². The van der Waals surface area contributed by atoms with E-state index < -0.39 is 10.8 Å². The number of hydrogen-bond acceptors (Lipinski definition) is 3. The van der Waals surface area contributed by atoms with E-state index in [1.807, 2.05) is 7.05 Å². The van der Waals surface area contributed by atoms with Gasteiger partial charge in [-0.25, -0.2) is 0 Å². The molecular weight excluding hydrogens is 284 g/mol. The molecule has 1 atom stereocenters. The van der Waals surface area contributed by atoms with Gasteiger partial charge >= 0.3 is 0 Å². The Labute approximate surface area is 120 Å². The Bertz CT molecular complexity index is 470. The number of nitrogens with zero attached hydrogens (tertiary/aromatic N) is 2. The molecule has 1 aromatic carbocycles. The Hall–Kier alpha value is -0.910. The van der Waals surface area contributed by atoms with E-state index >= 15 is 0 Å². The van der Waals surface area contributed by atoms with E-state index in [1.54, 1.807) is 29.2 Å². The molecule has 0 N–H and O–H groups in total. The molecule has 1 saturated heterocycles. The highest BCUT2D eigenvalue weighted by Gasteiger charge is 2.21. The quantitative estimate of drug-likeness (QED) is 0.843. The Morgan fingerprint density at radius 2 is 1.79 bits per heavy atom. The van der Waals surface area contributed by atoms with Crippen LogP contribution in [0.25, 0.3) is 0 Å². The van der Waals surface area contributed by atoms with E-state index in [1.165, 1.54) is 0 Å². The lowest BCUT2D eigenvalue weighted by Gasteiger charge is -2.32. The second kappa shape index (κ2) is 6.50. The fraction of sp³-hybridized carbons (Fsp3) is 0.462. The first-order valence-corrected chi connectivity index (χ1v) is 7.86. The molecule has 1 aliphatic heterocycles. The van der Waals surface area contributed by atoms with Gasteiger partial charge in [-0.3, -0.25) is 9.00 Å². The number of rotatable bonds is 3. The van der Waals surface area contributed by atoms with Crippen molar-refractivity contribution in [3.8, 4) is 0 Å². The summed E-state index contributed by atoms with van der Waals surface area (Å²) in [6.45, 7) is 3.18. The number of halogens is 1. The van der Waals surface area contributed by atoms with E-state index in [9.17, 15) is 9.00 Å². The summed E-state index contributed by atoms with van der Waals surface area (Å²) in [4.78, 5) is 16.7. The summed E-state index contributed by atoms with van der Waals surface area (Å²) in [6, 6.07) is 6.79. The van der Waals surface area contributed by atoms with Crippen molar-refractivity contribution in [3.63, 3.8) is 0 Å². The maximum Gasteiger partial charge on any atom is 0.235 e. The summed E-state index contributed by atoms with van der Waals surface area (Å²) in [7, 11) is 0.740. The first kappa shape index (κ1) is 14.5. The Morgan fingerprint density at radius 3 is 2.37 bits per heavy atom. The molecule has 1 unspecified atom stereocenters. The van der Waals surface area contributed by atoms with Crippen LogP contribution in [0, 0.1) is 0 Å². The van der Waals surface area contributed by atoms with Gasteiger partial charge in [-0.2, -0.15) is 0 Å². The molecule has 104 valence electrons. The van der Waals surface area contributed by atoms with Crippen LogP contribution in [-0.4, -0.2) is 58.9 Å². The monoisotopic (exact) mass is 300 g/mol. The number of hydrogen-bond donors (Lipinski definition) is 0. The molecule has 1 fully saturated rings. The van der Waals surface area contributed by atoms with E-state index in [-0.39, 0.29) is 11.7 Å². The van der Waals surface area contributed by atoms with Gasteiger partial charge in [-0.05, 0) is 31.3 Å². The first-order chi connectivity index (χ1) is 9.06. The predicted molar refractivity (Wildman–Crippen MR) is 76.8 cm³/mol. The van der Waals surface area contributed by atoms with E-state index in [0.717, 1.165) is 13.1 Å². The number of carbonyl (C=O) groups excluding carboxylic acids is 1. The molecule has 0 spiro atoms. The lowest BCUT2D eigenvalue weighted by Crippen LogP contribution is -2.48. The van der Waals surface area contributed by atoms with Crippen molar-refractivity contribution in [3.05, 3.63) is 29.3 Å². The highest BCUT2D eigenvalue weighted by atomic mass is 35.5. The molecule has 1 aliphatic rings. The molecule has 0 saturated carbocycles. The molecular formula is C13H17ClN2O2S. The summed E-state index contributed by atoms with van der Waals surface area (Å²) >= 11 is 5.78. The largest absolute Gasteiger partial charge is 0.339 e. The van der Waals surface area contributed by atoms with Crippen molar-refractivity contribution in [1.29, 1.82) is 0 Å². The van der Waals surface area contributed by atoms with Crippen molar-refractivity contribution in [2.24, 2.45) is 0 Å². The summed E-state index contributed by atoms with van der Waals surface area (Å²) < 4.78 is 12.1. The van der Waals surface area contributed by atoms with Gasteiger partial charge in [0, 0.05) is 36.1 Å².